The summed E-state index contributed by atoms with van der Waals surface area (Å²) < 4.78 is 0. The van der Waals surface area contributed by atoms with E-state index in [2.05, 4.69) is 5.32 Å². The van der Waals surface area contributed by atoms with Crippen molar-refractivity contribution < 1.29 is 10.2 Å². The minimum Gasteiger partial charge on any atom is -0.385 e. The molecule has 2 fully saturated rings. The van der Waals surface area contributed by atoms with Crippen LogP contribution in [0.4, 0.5) is 0 Å². The fraction of sp³-hybridized carbons (Fsp3) is 1.00. The van der Waals surface area contributed by atoms with Crippen molar-refractivity contribution in [3.05, 3.63) is 0 Å². The largest absolute Gasteiger partial charge is 0.385 e. The number of piperidine rings is 1. The standard InChI is InChI=1S/C8H15NO2/c10-7(4-5-7)8(11)3-1-2-6-9-8/h9-11H,1-6H2. The highest BCUT2D eigenvalue weighted by molar-refractivity contribution is 5.09. The first-order chi connectivity index (χ1) is 5.16. The Labute approximate surface area is 66.4 Å². The van der Waals surface area contributed by atoms with Crippen molar-refractivity contribution in [1.82, 2.24) is 5.32 Å². The zero-order chi connectivity index (χ0) is 7.95. The first-order valence-electron chi connectivity index (χ1n) is 4.36. The van der Waals surface area contributed by atoms with E-state index >= 15 is 0 Å². The smallest absolute Gasteiger partial charge is 0.144 e. The molecule has 0 amide bonds. The highest BCUT2D eigenvalue weighted by Gasteiger charge is 2.57. The van der Waals surface area contributed by atoms with Gasteiger partial charge in [0.05, 0.1) is 0 Å². The molecule has 0 aromatic carbocycles. The van der Waals surface area contributed by atoms with Gasteiger partial charge < -0.3 is 10.2 Å². The van der Waals surface area contributed by atoms with Gasteiger partial charge in [-0.1, -0.05) is 0 Å². The molecule has 3 heteroatoms. The number of hydrogen-bond acceptors (Lipinski definition) is 3. The topological polar surface area (TPSA) is 52.5 Å². The van der Waals surface area contributed by atoms with Gasteiger partial charge in [0.15, 0.2) is 0 Å². The summed E-state index contributed by atoms with van der Waals surface area (Å²) in [6, 6.07) is 0. The molecule has 3 N–H and O–H groups in total. The predicted octanol–water partition coefficient (Wildman–Crippen LogP) is -0.0266. The zero-order valence-corrected chi connectivity index (χ0v) is 6.64. The lowest BCUT2D eigenvalue weighted by molar-refractivity contribution is -0.129. The molecule has 1 heterocycles. The summed E-state index contributed by atoms with van der Waals surface area (Å²) in [7, 11) is 0. The Balaban J connectivity index is 2.07. The van der Waals surface area contributed by atoms with Crippen molar-refractivity contribution in [2.24, 2.45) is 0 Å². The molecule has 0 aromatic rings. The summed E-state index contributed by atoms with van der Waals surface area (Å²) in [6.45, 7) is 0.832. The molecule has 3 nitrogen and oxygen atoms in total. The molecule has 1 aliphatic heterocycles. The van der Waals surface area contributed by atoms with Gasteiger partial charge in [0.1, 0.15) is 11.3 Å². The molecule has 0 spiro atoms. The van der Waals surface area contributed by atoms with Crippen LogP contribution in [0.15, 0.2) is 0 Å². The van der Waals surface area contributed by atoms with E-state index in [0.29, 0.717) is 6.42 Å². The summed E-state index contributed by atoms with van der Waals surface area (Å²) in [4.78, 5) is 0. The molecule has 0 bridgehead atoms. The van der Waals surface area contributed by atoms with Gasteiger partial charge in [-0.05, 0) is 38.6 Å². The maximum absolute atomic E-state index is 9.91. The molecule has 1 atom stereocenters. The number of aliphatic hydroxyl groups is 2. The van der Waals surface area contributed by atoms with E-state index in [9.17, 15) is 10.2 Å². The second kappa shape index (κ2) is 2.19. The molecule has 1 saturated carbocycles. The summed E-state index contributed by atoms with van der Waals surface area (Å²) in [5.74, 6) is 0. The van der Waals surface area contributed by atoms with E-state index in [4.69, 9.17) is 0 Å². The van der Waals surface area contributed by atoms with E-state index in [1.165, 1.54) is 0 Å². The highest BCUT2D eigenvalue weighted by atomic mass is 16.4. The van der Waals surface area contributed by atoms with Crippen molar-refractivity contribution in [3.63, 3.8) is 0 Å². The molecule has 1 saturated heterocycles. The van der Waals surface area contributed by atoms with Crippen LogP contribution in [0.3, 0.4) is 0 Å². The van der Waals surface area contributed by atoms with Crippen LogP contribution in [0.5, 0.6) is 0 Å². The zero-order valence-electron chi connectivity index (χ0n) is 6.64. The maximum atomic E-state index is 9.91. The minimum atomic E-state index is -0.967. The number of nitrogens with one attached hydrogen (secondary N) is 1. The van der Waals surface area contributed by atoms with Crippen molar-refractivity contribution in [1.29, 1.82) is 0 Å². The normalized spacial score (nSPS) is 42.0. The Kier molecular flexibility index (Phi) is 1.50. The van der Waals surface area contributed by atoms with Gasteiger partial charge in [-0.25, -0.2) is 0 Å². The molecular weight excluding hydrogens is 142 g/mol. The van der Waals surface area contributed by atoms with Gasteiger partial charge in [-0.2, -0.15) is 0 Å². The van der Waals surface area contributed by atoms with Crippen molar-refractivity contribution in [2.75, 3.05) is 6.54 Å². The third kappa shape index (κ3) is 1.08. The summed E-state index contributed by atoms with van der Waals surface area (Å²) in [5, 5.41) is 22.6. The Morgan fingerprint density at radius 3 is 2.18 bits per heavy atom. The summed E-state index contributed by atoms with van der Waals surface area (Å²) >= 11 is 0. The van der Waals surface area contributed by atoms with Crippen LogP contribution >= 0.6 is 0 Å². The molecule has 1 aliphatic carbocycles. The van der Waals surface area contributed by atoms with Gasteiger partial charge in [0, 0.05) is 0 Å². The third-order valence-corrected chi connectivity index (χ3v) is 2.88. The fourth-order valence-corrected chi connectivity index (χ4v) is 1.82. The van der Waals surface area contributed by atoms with Gasteiger partial charge in [0.25, 0.3) is 0 Å². The number of hydrogen-bond donors (Lipinski definition) is 3. The van der Waals surface area contributed by atoms with Gasteiger partial charge in [-0.15, -0.1) is 0 Å². The van der Waals surface area contributed by atoms with Crippen LogP contribution in [0.1, 0.15) is 32.1 Å². The maximum Gasteiger partial charge on any atom is 0.144 e. The molecule has 0 aromatic heterocycles. The SMILES string of the molecule is OC1(C2(O)CCCCN2)CC1. The molecule has 64 valence electrons. The number of rotatable bonds is 1. The lowest BCUT2D eigenvalue weighted by atomic mass is 9.94. The first-order valence-corrected chi connectivity index (χ1v) is 4.36. The Morgan fingerprint density at radius 1 is 1.00 bits per heavy atom. The van der Waals surface area contributed by atoms with Crippen LogP contribution in [-0.4, -0.2) is 28.1 Å². The fourth-order valence-electron chi connectivity index (χ4n) is 1.82. The second-order valence-corrected chi connectivity index (χ2v) is 3.78. The van der Waals surface area contributed by atoms with Crippen molar-refractivity contribution in [3.8, 4) is 0 Å². The summed E-state index contributed by atoms with van der Waals surface area (Å²) in [5.41, 5.74) is -1.77. The second-order valence-electron chi connectivity index (χ2n) is 3.78. The minimum absolute atomic E-state index is 0.698. The lowest BCUT2D eigenvalue weighted by Gasteiger charge is -2.37. The average Bonchev–Trinajstić information content (AvgIpc) is 2.71. The van der Waals surface area contributed by atoms with E-state index in [1.54, 1.807) is 0 Å². The first kappa shape index (κ1) is 7.53. The lowest BCUT2D eigenvalue weighted by Crippen LogP contribution is -2.58. The third-order valence-electron chi connectivity index (χ3n) is 2.88. The van der Waals surface area contributed by atoms with Crippen molar-refractivity contribution in [2.45, 2.75) is 43.4 Å². The quantitative estimate of drug-likeness (QED) is 0.501. The van der Waals surface area contributed by atoms with E-state index < -0.39 is 11.3 Å². The predicted molar refractivity (Wildman–Crippen MR) is 41.0 cm³/mol. The van der Waals surface area contributed by atoms with Crippen molar-refractivity contribution >= 4 is 0 Å². The van der Waals surface area contributed by atoms with E-state index in [-0.39, 0.29) is 0 Å². The Hall–Kier alpha value is -0.120. The van der Waals surface area contributed by atoms with Crippen LogP contribution in [0.25, 0.3) is 0 Å². The van der Waals surface area contributed by atoms with Crippen LogP contribution < -0.4 is 5.32 Å². The average molecular weight is 157 g/mol. The molecular formula is C8H15NO2. The van der Waals surface area contributed by atoms with Gasteiger partial charge in [-0.3, -0.25) is 5.32 Å². The molecule has 2 aliphatic rings. The van der Waals surface area contributed by atoms with Gasteiger partial charge in [0.2, 0.25) is 0 Å². The highest BCUT2D eigenvalue weighted by Crippen LogP contribution is 2.46. The van der Waals surface area contributed by atoms with Crippen LogP contribution in [0.2, 0.25) is 0 Å². The van der Waals surface area contributed by atoms with Gasteiger partial charge >= 0.3 is 0 Å². The Morgan fingerprint density at radius 2 is 1.73 bits per heavy atom. The van der Waals surface area contributed by atoms with E-state index in [1.807, 2.05) is 0 Å². The molecule has 0 radical (unpaired) electrons. The molecule has 1 unspecified atom stereocenters. The van der Waals surface area contributed by atoms with Crippen LogP contribution in [0, 0.1) is 0 Å². The van der Waals surface area contributed by atoms with Crippen LogP contribution in [-0.2, 0) is 0 Å². The Bertz CT molecular complexity index is 159. The monoisotopic (exact) mass is 157 g/mol. The molecule has 11 heavy (non-hydrogen) atoms. The van der Waals surface area contributed by atoms with E-state index in [0.717, 1.165) is 32.2 Å². The molecule has 2 rings (SSSR count). The summed E-state index contributed by atoms with van der Waals surface area (Å²) in [6.07, 6.45) is 4.32.